The van der Waals surface area contributed by atoms with Crippen LogP contribution < -0.4 is 10.6 Å². The molecule has 0 saturated heterocycles. The summed E-state index contributed by atoms with van der Waals surface area (Å²) in [5, 5.41) is 5.46. The molecule has 19 heavy (non-hydrogen) atoms. The first kappa shape index (κ1) is 15.7. The second-order valence-electron chi connectivity index (χ2n) is 4.28. The molecular weight excluding hydrogens is 264 g/mol. The lowest BCUT2D eigenvalue weighted by Crippen LogP contribution is -2.31. The topological polar surface area (TPSA) is 75.3 Å². The maximum absolute atomic E-state index is 11.8. The summed E-state index contributed by atoms with van der Waals surface area (Å²) in [5.74, 6) is -0.155. The molecular formula is C13H20N2O3S. The molecule has 5 nitrogen and oxygen atoms in total. The van der Waals surface area contributed by atoms with Crippen molar-refractivity contribution in [3.05, 3.63) is 35.9 Å². The van der Waals surface area contributed by atoms with Gasteiger partial charge in [0.05, 0.1) is 11.5 Å². The minimum atomic E-state index is -3.18. The molecule has 1 amide bonds. The molecule has 0 spiro atoms. The lowest BCUT2D eigenvalue weighted by Gasteiger charge is -2.06. The molecule has 0 heterocycles. The first-order valence-electron chi connectivity index (χ1n) is 6.19. The molecule has 0 atom stereocenters. The third-order valence-electron chi connectivity index (χ3n) is 2.57. The Morgan fingerprint density at radius 3 is 2.47 bits per heavy atom. The van der Waals surface area contributed by atoms with Crippen LogP contribution in [0, 0.1) is 0 Å². The highest BCUT2D eigenvalue weighted by Crippen LogP contribution is 2.05. The maximum atomic E-state index is 11.8. The Morgan fingerprint density at radius 2 is 1.84 bits per heavy atom. The molecule has 0 saturated carbocycles. The Labute approximate surface area is 114 Å². The number of hydrogen-bond acceptors (Lipinski definition) is 4. The first-order valence-corrected chi connectivity index (χ1v) is 8.01. The Morgan fingerprint density at radius 1 is 1.16 bits per heavy atom. The predicted molar refractivity (Wildman–Crippen MR) is 75.5 cm³/mol. The monoisotopic (exact) mass is 284 g/mol. The van der Waals surface area contributed by atoms with Gasteiger partial charge in [0.2, 0.25) is 5.91 Å². The SMILES string of the molecule is CNCCC(=O)NCCS(=O)(=O)Cc1ccccc1. The van der Waals surface area contributed by atoms with Crippen molar-refractivity contribution in [2.45, 2.75) is 12.2 Å². The van der Waals surface area contributed by atoms with Gasteiger partial charge in [-0.15, -0.1) is 0 Å². The maximum Gasteiger partial charge on any atom is 0.221 e. The number of carbonyl (C=O) groups is 1. The van der Waals surface area contributed by atoms with E-state index in [9.17, 15) is 13.2 Å². The lowest BCUT2D eigenvalue weighted by atomic mass is 10.2. The minimum Gasteiger partial charge on any atom is -0.355 e. The molecule has 1 rings (SSSR count). The van der Waals surface area contributed by atoms with Crippen molar-refractivity contribution in [1.82, 2.24) is 10.6 Å². The van der Waals surface area contributed by atoms with Gasteiger partial charge in [0.25, 0.3) is 0 Å². The van der Waals surface area contributed by atoms with Gasteiger partial charge in [0.1, 0.15) is 0 Å². The molecule has 1 aromatic carbocycles. The molecule has 0 fully saturated rings. The number of hydrogen-bond donors (Lipinski definition) is 2. The van der Waals surface area contributed by atoms with E-state index in [-0.39, 0.29) is 24.0 Å². The predicted octanol–water partition coefficient (Wildman–Crippen LogP) is 0.327. The molecule has 0 aliphatic carbocycles. The van der Waals surface area contributed by atoms with Crippen LogP contribution in [-0.4, -0.2) is 40.2 Å². The highest BCUT2D eigenvalue weighted by Gasteiger charge is 2.12. The number of rotatable bonds is 8. The molecule has 0 aliphatic rings. The number of carbonyl (C=O) groups excluding carboxylic acids is 1. The fourth-order valence-electron chi connectivity index (χ4n) is 1.57. The fourth-order valence-corrected chi connectivity index (χ4v) is 2.83. The number of nitrogens with one attached hydrogen (secondary N) is 2. The van der Waals surface area contributed by atoms with Gasteiger partial charge in [-0.2, -0.15) is 0 Å². The van der Waals surface area contributed by atoms with Gasteiger partial charge >= 0.3 is 0 Å². The van der Waals surface area contributed by atoms with Crippen LogP contribution >= 0.6 is 0 Å². The van der Waals surface area contributed by atoms with Crippen LogP contribution in [0.3, 0.4) is 0 Å². The van der Waals surface area contributed by atoms with Crippen molar-refractivity contribution in [2.24, 2.45) is 0 Å². The zero-order valence-corrected chi connectivity index (χ0v) is 11.9. The van der Waals surface area contributed by atoms with E-state index in [1.54, 1.807) is 19.2 Å². The molecule has 2 N–H and O–H groups in total. The van der Waals surface area contributed by atoms with Crippen LogP contribution in [0.5, 0.6) is 0 Å². The Bertz CT molecular complexity index is 486. The third kappa shape index (κ3) is 6.93. The van der Waals surface area contributed by atoms with E-state index >= 15 is 0 Å². The molecule has 6 heteroatoms. The second kappa shape index (κ2) is 7.91. The standard InChI is InChI=1S/C13H20N2O3S/c1-14-8-7-13(16)15-9-10-19(17,18)11-12-5-3-2-4-6-12/h2-6,14H,7-11H2,1H3,(H,15,16). The quantitative estimate of drug-likeness (QED) is 0.721. The van der Waals surface area contributed by atoms with E-state index in [0.29, 0.717) is 13.0 Å². The summed E-state index contributed by atoms with van der Waals surface area (Å²) in [6.45, 7) is 0.750. The van der Waals surface area contributed by atoms with Crippen molar-refractivity contribution in [3.8, 4) is 0 Å². The van der Waals surface area contributed by atoms with Gasteiger partial charge in [-0.05, 0) is 12.6 Å². The van der Waals surface area contributed by atoms with Gasteiger partial charge in [0, 0.05) is 19.5 Å². The van der Waals surface area contributed by atoms with Gasteiger partial charge in [-0.25, -0.2) is 8.42 Å². The second-order valence-corrected chi connectivity index (χ2v) is 6.47. The van der Waals surface area contributed by atoms with E-state index in [1.165, 1.54) is 0 Å². The molecule has 0 aromatic heterocycles. The normalized spacial score (nSPS) is 11.2. The zero-order valence-electron chi connectivity index (χ0n) is 11.1. The van der Waals surface area contributed by atoms with Crippen LogP contribution in [0.2, 0.25) is 0 Å². The van der Waals surface area contributed by atoms with E-state index < -0.39 is 9.84 Å². The average molecular weight is 284 g/mol. The molecule has 0 bridgehead atoms. The zero-order chi connectivity index (χ0) is 14.1. The smallest absolute Gasteiger partial charge is 0.221 e. The Balaban J connectivity index is 2.33. The number of benzene rings is 1. The van der Waals surface area contributed by atoms with Gasteiger partial charge in [-0.1, -0.05) is 30.3 Å². The molecule has 106 valence electrons. The van der Waals surface area contributed by atoms with E-state index in [4.69, 9.17) is 0 Å². The lowest BCUT2D eigenvalue weighted by molar-refractivity contribution is -0.120. The Kier molecular flexibility index (Phi) is 6.52. The summed E-state index contributed by atoms with van der Waals surface area (Å²) >= 11 is 0. The Hall–Kier alpha value is -1.40. The number of sulfone groups is 1. The van der Waals surface area contributed by atoms with Gasteiger partial charge in [-0.3, -0.25) is 4.79 Å². The van der Waals surface area contributed by atoms with Crippen molar-refractivity contribution < 1.29 is 13.2 Å². The minimum absolute atomic E-state index is 0.0141. The van der Waals surface area contributed by atoms with Crippen LogP contribution in [0.1, 0.15) is 12.0 Å². The van der Waals surface area contributed by atoms with Crippen LogP contribution in [0.25, 0.3) is 0 Å². The van der Waals surface area contributed by atoms with Crippen LogP contribution in [-0.2, 0) is 20.4 Å². The van der Waals surface area contributed by atoms with Crippen LogP contribution in [0.4, 0.5) is 0 Å². The van der Waals surface area contributed by atoms with Crippen molar-refractivity contribution in [1.29, 1.82) is 0 Å². The molecule has 1 aromatic rings. The number of amides is 1. The molecule has 0 radical (unpaired) electrons. The van der Waals surface area contributed by atoms with Crippen molar-refractivity contribution >= 4 is 15.7 Å². The van der Waals surface area contributed by atoms with E-state index in [0.717, 1.165) is 5.56 Å². The van der Waals surface area contributed by atoms with E-state index in [2.05, 4.69) is 10.6 Å². The molecule has 0 aliphatic heterocycles. The largest absolute Gasteiger partial charge is 0.355 e. The van der Waals surface area contributed by atoms with E-state index in [1.807, 2.05) is 18.2 Å². The van der Waals surface area contributed by atoms with Gasteiger partial charge in [0.15, 0.2) is 9.84 Å². The molecule has 0 unspecified atom stereocenters. The highest BCUT2D eigenvalue weighted by molar-refractivity contribution is 7.90. The summed E-state index contributed by atoms with van der Waals surface area (Å²) < 4.78 is 23.7. The first-order chi connectivity index (χ1) is 9.03. The van der Waals surface area contributed by atoms with Crippen molar-refractivity contribution in [2.75, 3.05) is 25.9 Å². The average Bonchev–Trinajstić information content (AvgIpc) is 2.36. The van der Waals surface area contributed by atoms with Crippen molar-refractivity contribution in [3.63, 3.8) is 0 Å². The van der Waals surface area contributed by atoms with Crippen LogP contribution in [0.15, 0.2) is 30.3 Å². The summed E-state index contributed by atoms with van der Waals surface area (Å²) in [7, 11) is -1.42. The summed E-state index contributed by atoms with van der Waals surface area (Å²) in [5.41, 5.74) is 0.768. The fraction of sp³-hybridized carbons (Fsp3) is 0.462. The summed E-state index contributed by atoms with van der Waals surface area (Å²) in [4.78, 5) is 11.3. The summed E-state index contributed by atoms with van der Waals surface area (Å²) in [6.07, 6.45) is 0.356. The highest BCUT2D eigenvalue weighted by atomic mass is 32.2. The third-order valence-corrected chi connectivity index (χ3v) is 4.17. The van der Waals surface area contributed by atoms with Gasteiger partial charge < -0.3 is 10.6 Å². The summed E-state index contributed by atoms with van der Waals surface area (Å²) in [6, 6.07) is 9.03.